The molecule has 1 N–H and O–H groups in total. The number of benzene rings is 2. The summed E-state index contributed by atoms with van der Waals surface area (Å²) in [5.74, 6) is 0. The van der Waals surface area contributed by atoms with Crippen LogP contribution in [0, 0.1) is 0 Å². The van der Waals surface area contributed by atoms with Crippen molar-refractivity contribution >= 4 is 17.7 Å². The van der Waals surface area contributed by atoms with Gasteiger partial charge in [0.2, 0.25) is 0 Å². The second kappa shape index (κ2) is 5.66. The van der Waals surface area contributed by atoms with Gasteiger partial charge >= 0.3 is 12.1 Å². The molecular weight excluding hydrogens is 266 g/mol. The number of anilines is 1. The van der Waals surface area contributed by atoms with Crippen LogP contribution in [-0.2, 0) is 6.54 Å². The van der Waals surface area contributed by atoms with Gasteiger partial charge in [0.05, 0.1) is 0 Å². The number of nitrogens with zero attached hydrogens (tertiary/aromatic N) is 2. The van der Waals surface area contributed by atoms with Gasteiger partial charge in [-0.2, -0.15) is 0 Å². The monoisotopic (exact) mass is 281 g/mol. The lowest BCUT2D eigenvalue weighted by Crippen LogP contribution is -2.59. The van der Waals surface area contributed by atoms with E-state index >= 15 is 0 Å². The molecule has 5 nitrogen and oxygen atoms in total. The van der Waals surface area contributed by atoms with Crippen LogP contribution in [0.5, 0.6) is 0 Å². The third-order valence-corrected chi connectivity index (χ3v) is 3.34. The number of imide groups is 1. The van der Waals surface area contributed by atoms with Crippen LogP contribution >= 0.6 is 0 Å². The highest BCUT2D eigenvalue weighted by molar-refractivity contribution is 6.04. The highest BCUT2D eigenvalue weighted by Crippen LogP contribution is 2.18. The summed E-state index contributed by atoms with van der Waals surface area (Å²) in [4.78, 5) is 27.1. The third kappa shape index (κ3) is 2.86. The fraction of sp³-hybridized carbons (Fsp3) is 0.125. The fourth-order valence-electron chi connectivity index (χ4n) is 2.27. The van der Waals surface area contributed by atoms with Gasteiger partial charge in [-0.25, -0.2) is 9.59 Å². The standard InChI is InChI=1S/C16H15N3O2/c20-15-17-16(21)19(14-9-5-2-6-10-14)12-18(15)11-13-7-3-1-4-8-13/h1-10H,11-12H2,(H,17,20,21). The maximum Gasteiger partial charge on any atom is 0.331 e. The lowest BCUT2D eigenvalue weighted by Gasteiger charge is -2.35. The summed E-state index contributed by atoms with van der Waals surface area (Å²) < 4.78 is 0. The number of hydrogen-bond donors (Lipinski definition) is 1. The Morgan fingerprint density at radius 3 is 2.14 bits per heavy atom. The van der Waals surface area contributed by atoms with Crippen LogP contribution in [0.15, 0.2) is 60.7 Å². The SMILES string of the molecule is O=C1NC(=O)N(c2ccccc2)CN1Cc1ccccc1. The Morgan fingerprint density at radius 2 is 1.48 bits per heavy atom. The van der Waals surface area contributed by atoms with Gasteiger partial charge in [-0.15, -0.1) is 0 Å². The quantitative estimate of drug-likeness (QED) is 0.940. The Bertz CT molecular complexity index is 643. The molecule has 1 aliphatic heterocycles. The van der Waals surface area contributed by atoms with E-state index in [1.165, 1.54) is 0 Å². The van der Waals surface area contributed by atoms with Gasteiger partial charge in [0.15, 0.2) is 0 Å². The number of nitrogens with one attached hydrogen (secondary N) is 1. The van der Waals surface area contributed by atoms with E-state index < -0.39 is 6.03 Å². The van der Waals surface area contributed by atoms with Gasteiger partial charge in [0, 0.05) is 12.2 Å². The topological polar surface area (TPSA) is 52.7 Å². The Balaban J connectivity index is 1.79. The van der Waals surface area contributed by atoms with Crippen molar-refractivity contribution in [3.8, 4) is 0 Å². The number of urea groups is 2. The lowest BCUT2D eigenvalue weighted by molar-refractivity contribution is 0.182. The van der Waals surface area contributed by atoms with Crippen molar-refractivity contribution in [2.24, 2.45) is 0 Å². The van der Waals surface area contributed by atoms with Gasteiger partial charge < -0.3 is 4.90 Å². The molecule has 5 heteroatoms. The van der Waals surface area contributed by atoms with Crippen LogP contribution < -0.4 is 10.2 Å². The lowest BCUT2D eigenvalue weighted by atomic mass is 10.2. The van der Waals surface area contributed by atoms with E-state index in [0.29, 0.717) is 6.54 Å². The maximum absolute atomic E-state index is 12.0. The number of carbonyl (C=O) groups is 2. The first kappa shape index (κ1) is 13.2. The first-order valence-electron chi connectivity index (χ1n) is 6.70. The summed E-state index contributed by atoms with van der Waals surface area (Å²) in [6, 6.07) is 18.2. The molecule has 106 valence electrons. The number of amides is 4. The molecule has 1 heterocycles. The van der Waals surface area contributed by atoms with E-state index in [2.05, 4.69) is 5.32 Å². The smallest absolute Gasteiger partial charge is 0.302 e. The minimum absolute atomic E-state index is 0.240. The van der Waals surface area contributed by atoms with Gasteiger partial charge in [0.25, 0.3) is 0 Å². The van der Waals surface area contributed by atoms with Crippen LogP contribution in [0.3, 0.4) is 0 Å². The predicted octanol–water partition coefficient (Wildman–Crippen LogP) is 2.80. The zero-order chi connectivity index (χ0) is 14.7. The van der Waals surface area contributed by atoms with Crippen LogP contribution in [-0.4, -0.2) is 23.6 Å². The second-order valence-electron chi connectivity index (χ2n) is 4.82. The zero-order valence-corrected chi connectivity index (χ0v) is 11.4. The van der Waals surface area contributed by atoms with Crippen molar-refractivity contribution in [2.45, 2.75) is 6.54 Å². The van der Waals surface area contributed by atoms with Crippen LogP contribution in [0.4, 0.5) is 15.3 Å². The molecule has 1 saturated heterocycles. The maximum atomic E-state index is 12.0. The zero-order valence-electron chi connectivity index (χ0n) is 11.4. The van der Waals surface area contributed by atoms with Gasteiger partial charge in [0.1, 0.15) is 6.67 Å². The summed E-state index contributed by atoms with van der Waals surface area (Å²) >= 11 is 0. The largest absolute Gasteiger partial charge is 0.331 e. The van der Waals surface area contributed by atoms with E-state index in [-0.39, 0.29) is 12.7 Å². The number of carbonyl (C=O) groups excluding carboxylic acids is 2. The molecule has 21 heavy (non-hydrogen) atoms. The predicted molar refractivity (Wildman–Crippen MR) is 79.7 cm³/mol. The first-order chi connectivity index (χ1) is 10.2. The normalized spacial score (nSPS) is 15.0. The van der Waals surface area contributed by atoms with Crippen molar-refractivity contribution in [3.63, 3.8) is 0 Å². The Kier molecular flexibility index (Phi) is 3.55. The fourth-order valence-corrected chi connectivity index (χ4v) is 2.27. The van der Waals surface area contributed by atoms with Crippen molar-refractivity contribution in [1.82, 2.24) is 10.2 Å². The third-order valence-electron chi connectivity index (χ3n) is 3.34. The molecule has 0 aromatic heterocycles. The molecule has 2 aromatic rings. The Labute approximate surface area is 122 Å². The Hall–Kier alpha value is -2.82. The minimum atomic E-state index is -0.393. The minimum Gasteiger partial charge on any atom is -0.302 e. The summed E-state index contributed by atoms with van der Waals surface area (Å²) in [5.41, 5.74) is 1.79. The summed E-state index contributed by atoms with van der Waals surface area (Å²) in [5, 5.41) is 2.37. The molecular formula is C16H15N3O2. The second-order valence-corrected chi connectivity index (χ2v) is 4.82. The van der Waals surface area contributed by atoms with Crippen molar-refractivity contribution in [3.05, 3.63) is 66.2 Å². The number of hydrogen-bond acceptors (Lipinski definition) is 2. The summed E-state index contributed by atoms with van der Waals surface area (Å²) in [7, 11) is 0. The summed E-state index contributed by atoms with van der Waals surface area (Å²) in [6.45, 7) is 0.701. The average Bonchev–Trinajstić information content (AvgIpc) is 2.52. The molecule has 4 amide bonds. The van der Waals surface area contributed by atoms with Crippen molar-refractivity contribution < 1.29 is 9.59 Å². The van der Waals surface area contributed by atoms with Crippen molar-refractivity contribution in [2.75, 3.05) is 11.6 Å². The molecule has 0 unspecified atom stereocenters. The number of para-hydroxylation sites is 1. The molecule has 0 saturated carbocycles. The molecule has 1 aliphatic rings. The van der Waals surface area contributed by atoms with Crippen molar-refractivity contribution in [1.29, 1.82) is 0 Å². The first-order valence-corrected chi connectivity index (χ1v) is 6.70. The van der Waals surface area contributed by atoms with E-state index in [0.717, 1.165) is 11.3 Å². The van der Waals surface area contributed by atoms with Gasteiger partial charge in [-0.3, -0.25) is 10.2 Å². The molecule has 0 radical (unpaired) electrons. The molecule has 0 aliphatic carbocycles. The number of rotatable bonds is 3. The van der Waals surface area contributed by atoms with Crippen LogP contribution in [0.2, 0.25) is 0 Å². The molecule has 0 bridgehead atoms. The molecule has 0 spiro atoms. The van der Waals surface area contributed by atoms with Gasteiger partial charge in [-0.1, -0.05) is 48.5 Å². The van der Waals surface area contributed by atoms with E-state index in [4.69, 9.17) is 0 Å². The average molecular weight is 281 g/mol. The molecule has 3 rings (SSSR count). The van der Waals surface area contributed by atoms with E-state index in [1.807, 2.05) is 60.7 Å². The van der Waals surface area contributed by atoms with Crippen LogP contribution in [0.25, 0.3) is 0 Å². The van der Waals surface area contributed by atoms with E-state index in [9.17, 15) is 9.59 Å². The summed E-state index contributed by atoms with van der Waals surface area (Å²) in [6.07, 6.45) is 0. The van der Waals surface area contributed by atoms with E-state index in [1.54, 1.807) is 9.80 Å². The van der Waals surface area contributed by atoms with Crippen LogP contribution in [0.1, 0.15) is 5.56 Å². The Morgan fingerprint density at radius 1 is 0.857 bits per heavy atom. The molecule has 2 aromatic carbocycles. The molecule has 0 atom stereocenters. The van der Waals surface area contributed by atoms with Gasteiger partial charge in [-0.05, 0) is 17.7 Å². The molecule has 1 fully saturated rings. The highest BCUT2D eigenvalue weighted by atomic mass is 16.2. The highest BCUT2D eigenvalue weighted by Gasteiger charge is 2.29.